The van der Waals surface area contributed by atoms with Crippen LogP contribution in [0.5, 0.6) is 0 Å². The molecule has 1 saturated carbocycles. The molecule has 3 aliphatic rings. The minimum absolute atomic E-state index is 0.0238. The Bertz CT molecular complexity index is 508. The van der Waals surface area contributed by atoms with E-state index in [1.165, 1.54) is 37.7 Å². The second-order valence-corrected chi connectivity index (χ2v) is 7.75. The van der Waals surface area contributed by atoms with E-state index in [4.69, 9.17) is 0 Å². The van der Waals surface area contributed by atoms with Crippen LogP contribution in [0.1, 0.15) is 77.6 Å². The lowest BCUT2D eigenvalue weighted by Crippen LogP contribution is -2.51. The summed E-state index contributed by atoms with van der Waals surface area (Å²) < 4.78 is 0. The SMILES string of the molecule is CCC1CCCCN1C(=O)C1(C(=O)NCCC2=CCCCC2)CC1. The van der Waals surface area contributed by atoms with Crippen molar-refractivity contribution in [2.75, 3.05) is 13.1 Å². The highest BCUT2D eigenvalue weighted by Gasteiger charge is 2.58. The van der Waals surface area contributed by atoms with E-state index < -0.39 is 5.41 Å². The molecule has 1 heterocycles. The Labute approximate surface area is 146 Å². The lowest BCUT2D eigenvalue weighted by molar-refractivity contribution is -0.147. The molecule has 134 valence electrons. The fourth-order valence-corrected chi connectivity index (χ4v) is 4.27. The van der Waals surface area contributed by atoms with Gasteiger partial charge in [-0.15, -0.1) is 0 Å². The highest BCUT2D eigenvalue weighted by molar-refractivity contribution is 6.08. The number of hydrogen-bond acceptors (Lipinski definition) is 2. The molecule has 24 heavy (non-hydrogen) atoms. The van der Waals surface area contributed by atoms with Gasteiger partial charge in [-0.25, -0.2) is 0 Å². The van der Waals surface area contributed by atoms with Gasteiger partial charge in [0.1, 0.15) is 5.41 Å². The zero-order chi connectivity index (χ0) is 17.0. The third-order valence-corrected chi connectivity index (χ3v) is 6.07. The molecule has 0 aromatic carbocycles. The number of amides is 2. The van der Waals surface area contributed by atoms with Crippen molar-refractivity contribution in [1.29, 1.82) is 0 Å². The zero-order valence-corrected chi connectivity index (χ0v) is 15.1. The summed E-state index contributed by atoms with van der Waals surface area (Å²) in [6.45, 7) is 3.66. The van der Waals surface area contributed by atoms with Crippen molar-refractivity contribution in [3.8, 4) is 0 Å². The maximum Gasteiger partial charge on any atom is 0.238 e. The number of carbonyl (C=O) groups is 2. The van der Waals surface area contributed by atoms with Crippen LogP contribution >= 0.6 is 0 Å². The lowest BCUT2D eigenvalue weighted by Gasteiger charge is -2.37. The zero-order valence-electron chi connectivity index (χ0n) is 15.1. The van der Waals surface area contributed by atoms with E-state index in [1.54, 1.807) is 0 Å². The first kappa shape index (κ1) is 17.5. The molecule has 0 aromatic heterocycles. The van der Waals surface area contributed by atoms with E-state index in [2.05, 4.69) is 18.3 Å². The van der Waals surface area contributed by atoms with Crippen LogP contribution in [0.25, 0.3) is 0 Å². The minimum atomic E-state index is -0.730. The Morgan fingerprint density at radius 2 is 2.08 bits per heavy atom. The molecule has 1 atom stereocenters. The van der Waals surface area contributed by atoms with Gasteiger partial charge in [0.25, 0.3) is 0 Å². The normalized spacial score (nSPS) is 25.8. The Hall–Kier alpha value is -1.32. The van der Waals surface area contributed by atoms with Gasteiger partial charge in [0, 0.05) is 19.1 Å². The van der Waals surface area contributed by atoms with Gasteiger partial charge in [-0.3, -0.25) is 9.59 Å². The summed E-state index contributed by atoms with van der Waals surface area (Å²) in [6.07, 6.45) is 14.0. The molecule has 2 aliphatic carbocycles. The quantitative estimate of drug-likeness (QED) is 0.597. The van der Waals surface area contributed by atoms with Crippen molar-refractivity contribution in [2.24, 2.45) is 5.41 Å². The van der Waals surface area contributed by atoms with Gasteiger partial charge >= 0.3 is 0 Å². The van der Waals surface area contributed by atoms with E-state index in [1.807, 2.05) is 4.90 Å². The Morgan fingerprint density at radius 1 is 1.25 bits per heavy atom. The van der Waals surface area contributed by atoms with Gasteiger partial charge in [-0.2, -0.15) is 0 Å². The fourth-order valence-electron chi connectivity index (χ4n) is 4.27. The van der Waals surface area contributed by atoms with Crippen LogP contribution in [0.15, 0.2) is 11.6 Å². The molecule has 3 rings (SSSR count). The van der Waals surface area contributed by atoms with E-state index in [9.17, 15) is 9.59 Å². The van der Waals surface area contributed by atoms with Crippen molar-refractivity contribution in [3.63, 3.8) is 0 Å². The van der Waals surface area contributed by atoms with Crippen LogP contribution in [-0.2, 0) is 9.59 Å². The molecule has 4 nitrogen and oxygen atoms in total. The molecular formula is C20H32N2O2. The molecule has 0 bridgehead atoms. The molecule has 1 aliphatic heterocycles. The topological polar surface area (TPSA) is 49.4 Å². The molecule has 1 unspecified atom stereocenters. The number of rotatable bonds is 6. The predicted octanol–water partition coefficient (Wildman–Crippen LogP) is 3.56. The third-order valence-electron chi connectivity index (χ3n) is 6.07. The van der Waals surface area contributed by atoms with Crippen molar-refractivity contribution in [3.05, 3.63) is 11.6 Å². The molecule has 0 spiro atoms. The standard InChI is InChI=1S/C20H32N2O2/c1-2-17-10-6-7-15-22(17)19(24)20(12-13-20)18(23)21-14-11-16-8-4-3-5-9-16/h8,17H,2-7,9-15H2,1H3,(H,21,23). The monoisotopic (exact) mass is 332 g/mol. The largest absolute Gasteiger partial charge is 0.355 e. The van der Waals surface area contributed by atoms with Gasteiger partial charge in [-0.05, 0) is 70.6 Å². The summed E-state index contributed by atoms with van der Waals surface area (Å²) in [5.41, 5.74) is 0.742. The number of likely N-dealkylation sites (tertiary alicyclic amines) is 1. The molecule has 1 N–H and O–H groups in total. The molecule has 4 heteroatoms. The third kappa shape index (κ3) is 3.68. The Morgan fingerprint density at radius 3 is 2.75 bits per heavy atom. The lowest BCUT2D eigenvalue weighted by atomic mass is 9.95. The second-order valence-electron chi connectivity index (χ2n) is 7.75. The van der Waals surface area contributed by atoms with E-state index in [-0.39, 0.29) is 11.8 Å². The van der Waals surface area contributed by atoms with Crippen molar-refractivity contribution in [2.45, 2.75) is 83.6 Å². The van der Waals surface area contributed by atoms with Crippen molar-refractivity contribution in [1.82, 2.24) is 10.2 Å². The first-order chi connectivity index (χ1) is 11.7. The number of nitrogens with one attached hydrogen (secondary N) is 1. The number of nitrogens with zero attached hydrogens (tertiary/aromatic N) is 1. The van der Waals surface area contributed by atoms with Gasteiger partial charge in [0.15, 0.2) is 0 Å². The molecule has 0 radical (unpaired) electrons. The number of allylic oxidation sites excluding steroid dienone is 1. The van der Waals surface area contributed by atoms with Gasteiger partial charge in [0.2, 0.25) is 11.8 Å². The summed E-state index contributed by atoms with van der Waals surface area (Å²) in [4.78, 5) is 27.7. The van der Waals surface area contributed by atoms with Crippen LogP contribution < -0.4 is 5.32 Å². The summed E-state index contributed by atoms with van der Waals surface area (Å²) in [5, 5.41) is 3.06. The average Bonchev–Trinajstić information content (AvgIpc) is 3.44. The summed E-state index contributed by atoms with van der Waals surface area (Å²) >= 11 is 0. The Kier molecular flexibility index (Phi) is 5.62. The average molecular weight is 332 g/mol. The summed E-state index contributed by atoms with van der Waals surface area (Å²) in [7, 11) is 0. The van der Waals surface area contributed by atoms with Crippen LogP contribution in [0.2, 0.25) is 0 Å². The number of carbonyl (C=O) groups excluding carboxylic acids is 2. The second kappa shape index (κ2) is 7.71. The maximum atomic E-state index is 13.0. The summed E-state index contributed by atoms with van der Waals surface area (Å²) in [5.74, 6) is 0.0766. The highest BCUT2D eigenvalue weighted by Crippen LogP contribution is 2.48. The van der Waals surface area contributed by atoms with Crippen molar-refractivity contribution < 1.29 is 9.59 Å². The van der Waals surface area contributed by atoms with Gasteiger partial charge in [-0.1, -0.05) is 18.6 Å². The fraction of sp³-hybridized carbons (Fsp3) is 0.800. The molecule has 1 saturated heterocycles. The minimum Gasteiger partial charge on any atom is -0.355 e. The Balaban J connectivity index is 1.53. The van der Waals surface area contributed by atoms with E-state index >= 15 is 0 Å². The highest BCUT2D eigenvalue weighted by atomic mass is 16.2. The van der Waals surface area contributed by atoms with Crippen LogP contribution in [0.4, 0.5) is 0 Å². The number of hydrogen-bond donors (Lipinski definition) is 1. The van der Waals surface area contributed by atoms with Crippen LogP contribution in [0, 0.1) is 5.41 Å². The van der Waals surface area contributed by atoms with Gasteiger partial charge in [0.05, 0.1) is 0 Å². The first-order valence-electron chi connectivity index (χ1n) is 9.94. The maximum absolute atomic E-state index is 13.0. The predicted molar refractivity (Wildman–Crippen MR) is 95.5 cm³/mol. The molecule has 2 fully saturated rings. The first-order valence-corrected chi connectivity index (χ1v) is 9.94. The number of piperidine rings is 1. The van der Waals surface area contributed by atoms with Crippen molar-refractivity contribution >= 4 is 11.8 Å². The summed E-state index contributed by atoms with van der Waals surface area (Å²) in [6, 6.07) is 0.337. The van der Waals surface area contributed by atoms with E-state index in [0.29, 0.717) is 12.6 Å². The van der Waals surface area contributed by atoms with Crippen LogP contribution in [-0.4, -0.2) is 35.8 Å². The molecule has 2 amide bonds. The van der Waals surface area contributed by atoms with E-state index in [0.717, 1.165) is 45.1 Å². The molecular weight excluding hydrogens is 300 g/mol. The van der Waals surface area contributed by atoms with Gasteiger partial charge < -0.3 is 10.2 Å². The molecule has 0 aromatic rings. The smallest absolute Gasteiger partial charge is 0.238 e. The van der Waals surface area contributed by atoms with Crippen LogP contribution in [0.3, 0.4) is 0 Å².